The SMILES string of the molecule is CC[C@H](Nc1ncnc2[nH]cnc12)c1cc2ccc(F)cc2c(=O)n1-c1cccc(F)c1F. The van der Waals surface area contributed by atoms with Crippen LogP contribution in [-0.4, -0.2) is 24.5 Å². The van der Waals surface area contributed by atoms with Crippen LogP contribution in [-0.2, 0) is 0 Å². The van der Waals surface area contributed by atoms with Gasteiger partial charge in [0.2, 0.25) is 0 Å². The molecule has 0 aliphatic carbocycles. The zero-order valence-electron chi connectivity index (χ0n) is 17.3. The number of aromatic nitrogens is 5. The van der Waals surface area contributed by atoms with Gasteiger partial charge in [-0.05, 0) is 42.1 Å². The van der Waals surface area contributed by atoms with E-state index >= 15 is 0 Å². The first-order chi connectivity index (χ1) is 16.0. The highest BCUT2D eigenvalue weighted by molar-refractivity contribution is 5.84. The number of nitrogens with zero attached hydrogens (tertiary/aromatic N) is 4. The Morgan fingerprint density at radius 1 is 1.09 bits per heavy atom. The maximum atomic E-state index is 14.8. The average molecular weight is 450 g/mol. The number of nitrogens with one attached hydrogen (secondary N) is 2. The molecule has 0 aliphatic rings. The van der Waals surface area contributed by atoms with Crippen molar-refractivity contribution in [1.82, 2.24) is 24.5 Å². The summed E-state index contributed by atoms with van der Waals surface area (Å²) >= 11 is 0. The molecular formula is C23H17F3N6O. The molecule has 3 aromatic heterocycles. The van der Waals surface area contributed by atoms with Gasteiger partial charge in [-0.15, -0.1) is 0 Å². The number of anilines is 1. The number of hydrogen-bond acceptors (Lipinski definition) is 5. The number of H-pyrrole nitrogens is 1. The van der Waals surface area contributed by atoms with Crippen molar-refractivity contribution in [3.63, 3.8) is 0 Å². The lowest BCUT2D eigenvalue weighted by Gasteiger charge is -2.23. The standard InChI is InChI=1S/C23H17F3N6O/c1-2-16(31-22-20-21(28-10-27-20)29-11-30-22)18-8-12-6-7-13(24)9-14(12)23(33)32(18)17-5-3-4-15(25)19(17)26/h3-11,16H,2H2,1H3,(H2,27,28,29,30,31)/t16-/m0/s1. The first-order valence-corrected chi connectivity index (χ1v) is 10.2. The van der Waals surface area contributed by atoms with Crippen molar-refractivity contribution >= 4 is 27.8 Å². The summed E-state index contributed by atoms with van der Waals surface area (Å²) < 4.78 is 43.9. The summed E-state index contributed by atoms with van der Waals surface area (Å²) in [6.07, 6.45) is 3.30. The molecule has 166 valence electrons. The minimum Gasteiger partial charge on any atom is -0.360 e. The lowest BCUT2D eigenvalue weighted by Crippen LogP contribution is -2.27. The number of aromatic amines is 1. The fraction of sp³-hybridized carbons (Fsp3) is 0.130. The number of halogens is 3. The Bertz CT molecular complexity index is 1560. The van der Waals surface area contributed by atoms with Crippen LogP contribution in [0.25, 0.3) is 27.6 Å². The molecule has 33 heavy (non-hydrogen) atoms. The van der Waals surface area contributed by atoms with Gasteiger partial charge in [0.05, 0.1) is 23.4 Å². The maximum absolute atomic E-state index is 14.8. The molecule has 2 aromatic carbocycles. The summed E-state index contributed by atoms with van der Waals surface area (Å²) in [6, 6.07) is 8.49. The van der Waals surface area contributed by atoms with E-state index < -0.39 is 29.1 Å². The van der Waals surface area contributed by atoms with Gasteiger partial charge in [-0.3, -0.25) is 9.36 Å². The highest BCUT2D eigenvalue weighted by Crippen LogP contribution is 2.29. The second kappa shape index (κ2) is 8.05. The minimum atomic E-state index is -1.18. The van der Waals surface area contributed by atoms with Gasteiger partial charge in [-0.25, -0.2) is 28.1 Å². The van der Waals surface area contributed by atoms with Gasteiger partial charge in [-0.1, -0.05) is 19.1 Å². The third-order valence-electron chi connectivity index (χ3n) is 5.48. The largest absolute Gasteiger partial charge is 0.360 e. The van der Waals surface area contributed by atoms with E-state index in [1.165, 1.54) is 36.9 Å². The fourth-order valence-electron chi connectivity index (χ4n) is 3.89. The topological polar surface area (TPSA) is 88.5 Å². The number of hydrogen-bond donors (Lipinski definition) is 2. The zero-order chi connectivity index (χ0) is 23.1. The van der Waals surface area contributed by atoms with E-state index in [4.69, 9.17) is 0 Å². The molecule has 3 heterocycles. The fourth-order valence-corrected chi connectivity index (χ4v) is 3.89. The van der Waals surface area contributed by atoms with E-state index in [0.29, 0.717) is 34.5 Å². The van der Waals surface area contributed by atoms with Gasteiger partial charge < -0.3 is 10.3 Å². The number of pyridine rings is 1. The van der Waals surface area contributed by atoms with Crippen molar-refractivity contribution in [1.29, 1.82) is 0 Å². The van der Waals surface area contributed by atoms with Gasteiger partial charge in [0, 0.05) is 5.69 Å². The van der Waals surface area contributed by atoms with Crippen molar-refractivity contribution in [3.05, 3.63) is 88.6 Å². The zero-order valence-corrected chi connectivity index (χ0v) is 17.3. The van der Waals surface area contributed by atoms with E-state index in [1.807, 2.05) is 6.92 Å². The lowest BCUT2D eigenvalue weighted by atomic mass is 10.0. The average Bonchev–Trinajstić information content (AvgIpc) is 3.30. The van der Waals surface area contributed by atoms with Crippen LogP contribution >= 0.6 is 0 Å². The second-order valence-corrected chi connectivity index (χ2v) is 7.44. The van der Waals surface area contributed by atoms with Crippen molar-refractivity contribution in [2.75, 3.05) is 5.32 Å². The molecular weight excluding hydrogens is 433 g/mol. The lowest BCUT2D eigenvalue weighted by molar-refractivity contribution is 0.501. The molecule has 0 bridgehead atoms. The second-order valence-electron chi connectivity index (χ2n) is 7.44. The predicted octanol–water partition coefficient (Wildman–Crippen LogP) is 4.64. The highest BCUT2D eigenvalue weighted by atomic mass is 19.2. The van der Waals surface area contributed by atoms with Gasteiger partial charge in [0.15, 0.2) is 23.1 Å². The molecule has 0 aliphatic heterocycles. The van der Waals surface area contributed by atoms with Crippen LogP contribution in [0.15, 0.2) is 59.9 Å². The van der Waals surface area contributed by atoms with E-state index in [9.17, 15) is 18.0 Å². The Morgan fingerprint density at radius 2 is 1.94 bits per heavy atom. The van der Waals surface area contributed by atoms with Crippen molar-refractivity contribution in [2.45, 2.75) is 19.4 Å². The summed E-state index contributed by atoms with van der Waals surface area (Å²) in [5.41, 5.74) is 0.427. The molecule has 10 heteroatoms. The Labute approximate surface area is 185 Å². The van der Waals surface area contributed by atoms with Gasteiger partial charge in [0.25, 0.3) is 5.56 Å². The van der Waals surface area contributed by atoms with Crippen LogP contribution in [0.1, 0.15) is 25.1 Å². The summed E-state index contributed by atoms with van der Waals surface area (Å²) in [7, 11) is 0. The Hall–Kier alpha value is -4.21. The van der Waals surface area contributed by atoms with Gasteiger partial charge in [0.1, 0.15) is 17.7 Å². The first-order valence-electron chi connectivity index (χ1n) is 10.2. The predicted molar refractivity (Wildman–Crippen MR) is 118 cm³/mol. The molecule has 0 unspecified atom stereocenters. The Morgan fingerprint density at radius 3 is 2.76 bits per heavy atom. The molecule has 0 spiro atoms. The summed E-state index contributed by atoms with van der Waals surface area (Å²) in [6.45, 7) is 1.87. The summed E-state index contributed by atoms with van der Waals surface area (Å²) in [4.78, 5) is 28.9. The molecule has 0 radical (unpaired) electrons. The van der Waals surface area contributed by atoms with Crippen LogP contribution in [0.4, 0.5) is 19.0 Å². The molecule has 1 atom stereocenters. The van der Waals surface area contributed by atoms with E-state index in [1.54, 1.807) is 6.07 Å². The molecule has 0 saturated heterocycles. The molecule has 5 rings (SSSR count). The molecule has 0 fully saturated rings. The first kappa shape index (κ1) is 20.7. The Kier molecular flexibility index (Phi) is 5.04. The van der Waals surface area contributed by atoms with Crippen molar-refractivity contribution in [2.24, 2.45) is 0 Å². The van der Waals surface area contributed by atoms with E-state index in [0.717, 1.165) is 16.7 Å². The number of imidazole rings is 1. The number of fused-ring (bicyclic) bond motifs is 2. The molecule has 7 nitrogen and oxygen atoms in total. The monoisotopic (exact) mass is 450 g/mol. The summed E-state index contributed by atoms with van der Waals surface area (Å²) in [5, 5.41) is 3.76. The smallest absolute Gasteiger partial charge is 0.263 e. The number of benzene rings is 2. The molecule has 0 amide bonds. The van der Waals surface area contributed by atoms with E-state index in [-0.39, 0.29) is 11.1 Å². The summed E-state index contributed by atoms with van der Waals surface area (Å²) in [5.74, 6) is -2.47. The molecule has 0 saturated carbocycles. The normalized spacial score (nSPS) is 12.4. The van der Waals surface area contributed by atoms with Crippen LogP contribution in [0, 0.1) is 17.5 Å². The third kappa shape index (κ3) is 3.49. The van der Waals surface area contributed by atoms with Crippen LogP contribution < -0.4 is 10.9 Å². The molecule has 5 aromatic rings. The van der Waals surface area contributed by atoms with Gasteiger partial charge >= 0.3 is 0 Å². The maximum Gasteiger partial charge on any atom is 0.263 e. The van der Waals surface area contributed by atoms with Crippen LogP contribution in [0.2, 0.25) is 0 Å². The van der Waals surface area contributed by atoms with Crippen LogP contribution in [0.3, 0.4) is 0 Å². The highest BCUT2D eigenvalue weighted by Gasteiger charge is 2.23. The van der Waals surface area contributed by atoms with E-state index in [2.05, 4.69) is 25.3 Å². The minimum absolute atomic E-state index is 0.0500. The Balaban J connectivity index is 1.76. The third-order valence-corrected chi connectivity index (χ3v) is 5.48. The number of rotatable bonds is 5. The van der Waals surface area contributed by atoms with Crippen LogP contribution in [0.5, 0.6) is 0 Å². The van der Waals surface area contributed by atoms with Crippen molar-refractivity contribution in [3.8, 4) is 5.69 Å². The van der Waals surface area contributed by atoms with Crippen molar-refractivity contribution < 1.29 is 13.2 Å². The quantitative estimate of drug-likeness (QED) is 0.407. The molecule has 2 N–H and O–H groups in total. The van der Waals surface area contributed by atoms with Gasteiger partial charge in [-0.2, -0.15) is 0 Å².